The van der Waals surface area contributed by atoms with E-state index in [1.807, 2.05) is 0 Å². The van der Waals surface area contributed by atoms with Crippen LogP contribution in [-0.4, -0.2) is 5.11 Å². The zero-order valence-electron chi connectivity index (χ0n) is 5.26. The third-order valence-corrected chi connectivity index (χ3v) is 0.748. The largest absolute Gasteiger partial charge is 0.505 e. The summed E-state index contributed by atoms with van der Waals surface area (Å²) in [5.41, 5.74) is 0. The smallest absolute Gasteiger partial charge is 0.164 e. The summed E-state index contributed by atoms with van der Waals surface area (Å²) in [6.07, 6.45) is 3.75. The van der Waals surface area contributed by atoms with Gasteiger partial charge in [0.25, 0.3) is 0 Å². The number of hydrogen-bond donors (Lipinski definition) is 1. The van der Waals surface area contributed by atoms with Crippen LogP contribution in [0.4, 0.5) is 4.39 Å². The summed E-state index contributed by atoms with van der Waals surface area (Å²) in [5.74, 6) is -1.08. The maximum atomic E-state index is 12.2. The van der Waals surface area contributed by atoms with Gasteiger partial charge in [-0.3, -0.25) is 0 Å². The van der Waals surface area contributed by atoms with E-state index in [0.717, 1.165) is 6.08 Å². The molecular formula is C7H9FO. The van der Waals surface area contributed by atoms with Crippen LogP contribution >= 0.6 is 0 Å². The Morgan fingerprint density at radius 2 is 2.22 bits per heavy atom. The first-order chi connectivity index (χ1) is 4.22. The number of aliphatic hydroxyl groups excluding tert-OH is 1. The molecule has 0 aromatic heterocycles. The average molecular weight is 128 g/mol. The van der Waals surface area contributed by atoms with E-state index in [2.05, 4.69) is 6.58 Å². The van der Waals surface area contributed by atoms with Gasteiger partial charge in [0.05, 0.1) is 0 Å². The van der Waals surface area contributed by atoms with Gasteiger partial charge in [-0.25, -0.2) is 4.39 Å². The van der Waals surface area contributed by atoms with E-state index in [4.69, 9.17) is 5.11 Å². The Kier molecular flexibility index (Phi) is 3.44. The topological polar surface area (TPSA) is 20.2 Å². The van der Waals surface area contributed by atoms with E-state index in [9.17, 15) is 4.39 Å². The Morgan fingerprint density at radius 3 is 2.56 bits per heavy atom. The fourth-order valence-corrected chi connectivity index (χ4v) is 0.342. The Morgan fingerprint density at radius 1 is 1.67 bits per heavy atom. The maximum Gasteiger partial charge on any atom is 0.164 e. The van der Waals surface area contributed by atoms with E-state index >= 15 is 0 Å². The molecule has 1 N–H and O–H groups in total. The fraction of sp³-hybridized carbons (Fsp3) is 0.143. The summed E-state index contributed by atoms with van der Waals surface area (Å²) < 4.78 is 12.2. The normalized spacial score (nSPS) is 13.6. The zero-order valence-corrected chi connectivity index (χ0v) is 5.26. The van der Waals surface area contributed by atoms with Crippen LogP contribution in [0.15, 0.2) is 36.4 Å². The van der Waals surface area contributed by atoms with Gasteiger partial charge in [0.2, 0.25) is 0 Å². The molecule has 0 unspecified atom stereocenters. The van der Waals surface area contributed by atoms with Crippen molar-refractivity contribution in [1.82, 2.24) is 0 Å². The first kappa shape index (κ1) is 7.95. The second kappa shape index (κ2) is 3.89. The van der Waals surface area contributed by atoms with Crippen LogP contribution in [-0.2, 0) is 0 Å². The highest BCUT2D eigenvalue weighted by Crippen LogP contribution is 2.04. The Balaban J connectivity index is 4.27. The van der Waals surface area contributed by atoms with Gasteiger partial charge in [-0.1, -0.05) is 12.7 Å². The van der Waals surface area contributed by atoms with Crippen molar-refractivity contribution < 1.29 is 9.50 Å². The number of hydrogen-bond acceptors (Lipinski definition) is 1. The number of rotatable bonds is 2. The molecule has 0 aromatic rings. The van der Waals surface area contributed by atoms with Crippen molar-refractivity contribution in [2.24, 2.45) is 0 Å². The third kappa shape index (κ3) is 2.69. The van der Waals surface area contributed by atoms with Gasteiger partial charge in [0, 0.05) is 0 Å². The van der Waals surface area contributed by atoms with E-state index in [1.165, 1.54) is 6.08 Å². The van der Waals surface area contributed by atoms with Gasteiger partial charge in [-0.2, -0.15) is 0 Å². The van der Waals surface area contributed by atoms with Crippen molar-refractivity contribution in [2.45, 2.75) is 6.92 Å². The van der Waals surface area contributed by atoms with Crippen LogP contribution in [0.2, 0.25) is 0 Å². The fourth-order valence-electron chi connectivity index (χ4n) is 0.342. The molecule has 0 heterocycles. The highest BCUT2D eigenvalue weighted by Gasteiger charge is 1.92. The SMILES string of the molecule is C=C/C(F)=C(O)\C=C/C. The number of allylic oxidation sites excluding steroid dienone is 4. The summed E-state index contributed by atoms with van der Waals surface area (Å²) in [7, 11) is 0. The van der Waals surface area contributed by atoms with E-state index in [0.29, 0.717) is 0 Å². The van der Waals surface area contributed by atoms with Crippen molar-refractivity contribution >= 4 is 0 Å². The van der Waals surface area contributed by atoms with Gasteiger partial charge in [-0.15, -0.1) is 0 Å². The molecule has 0 saturated heterocycles. The molecule has 9 heavy (non-hydrogen) atoms. The van der Waals surface area contributed by atoms with Crippen molar-refractivity contribution in [1.29, 1.82) is 0 Å². The standard InChI is InChI=1S/C7H9FO/c1-3-5-7(9)6(8)4-2/h3-5,9H,2H2,1H3/b5-3-,7-6-. The third-order valence-electron chi connectivity index (χ3n) is 0.748. The highest BCUT2D eigenvalue weighted by atomic mass is 19.1. The van der Waals surface area contributed by atoms with Crippen LogP contribution < -0.4 is 0 Å². The summed E-state index contributed by atoms with van der Waals surface area (Å²) in [6.45, 7) is 4.82. The zero-order chi connectivity index (χ0) is 7.28. The Hall–Kier alpha value is -1.05. The first-order valence-corrected chi connectivity index (χ1v) is 2.56. The lowest BCUT2D eigenvalue weighted by Gasteiger charge is -1.88. The van der Waals surface area contributed by atoms with Gasteiger partial charge in [-0.05, 0) is 19.1 Å². The van der Waals surface area contributed by atoms with Crippen molar-refractivity contribution in [2.75, 3.05) is 0 Å². The van der Waals surface area contributed by atoms with Crippen LogP contribution in [0.1, 0.15) is 6.92 Å². The molecular weight excluding hydrogens is 119 g/mol. The predicted octanol–water partition coefficient (Wildman–Crippen LogP) is 2.49. The average Bonchev–Trinajstić information content (AvgIpc) is 1.87. The number of aliphatic hydroxyl groups is 1. The summed E-state index contributed by atoms with van der Waals surface area (Å²) in [6, 6.07) is 0. The lowest BCUT2D eigenvalue weighted by atomic mass is 10.4. The minimum atomic E-state index is -0.701. The van der Waals surface area contributed by atoms with Crippen LogP contribution in [0.25, 0.3) is 0 Å². The maximum absolute atomic E-state index is 12.2. The first-order valence-electron chi connectivity index (χ1n) is 2.56. The van der Waals surface area contributed by atoms with Crippen LogP contribution in [0.3, 0.4) is 0 Å². The van der Waals surface area contributed by atoms with E-state index in [-0.39, 0.29) is 5.76 Å². The van der Waals surface area contributed by atoms with E-state index in [1.54, 1.807) is 13.0 Å². The highest BCUT2D eigenvalue weighted by molar-refractivity contribution is 5.20. The van der Waals surface area contributed by atoms with Crippen molar-refractivity contribution in [3.8, 4) is 0 Å². The monoisotopic (exact) mass is 128 g/mol. The van der Waals surface area contributed by atoms with Gasteiger partial charge in [0.1, 0.15) is 0 Å². The molecule has 0 bridgehead atoms. The molecule has 2 heteroatoms. The quantitative estimate of drug-likeness (QED) is 0.447. The van der Waals surface area contributed by atoms with Gasteiger partial charge >= 0.3 is 0 Å². The lowest BCUT2D eigenvalue weighted by molar-refractivity contribution is 0.406. The molecule has 0 aliphatic rings. The molecule has 0 spiro atoms. The molecule has 0 aliphatic heterocycles. The summed E-state index contributed by atoms with van der Waals surface area (Å²) in [5, 5.41) is 8.66. The van der Waals surface area contributed by atoms with Crippen molar-refractivity contribution in [3.63, 3.8) is 0 Å². The lowest BCUT2D eigenvalue weighted by Crippen LogP contribution is -1.76. The second-order valence-electron chi connectivity index (χ2n) is 1.44. The predicted molar refractivity (Wildman–Crippen MR) is 35.8 cm³/mol. The molecule has 0 saturated carbocycles. The van der Waals surface area contributed by atoms with Gasteiger partial charge < -0.3 is 5.11 Å². The van der Waals surface area contributed by atoms with E-state index < -0.39 is 5.83 Å². The summed E-state index contributed by atoms with van der Waals surface area (Å²) in [4.78, 5) is 0. The molecule has 0 radical (unpaired) electrons. The molecule has 1 nitrogen and oxygen atoms in total. The molecule has 50 valence electrons. The van der Waals surface area contributed by atoms with Crippen LogP contribution in [0.5, 0.6) is 0 Å². The van der Waals surface area contributed by atoms with Crippen molar-refractivity contribution in [3.05, 3.63) is 36.4 Å². The summed E-state index contributed by atoms with van der Waals surface area (Å²) >= 11 is 0. The number of halogens is 1. The molecule has 0 atom stereocenters. The van der Waals surface area contributed by atoms with Crippen LogP contribution in [0, 0.1) is 0 Å². The molecule has 0 rings (SSSR count). The Bertz CT molecular complexity index is 156. The molecule has 0 aliphatic carbocycles. The Labute approximate surface area is 53.8 Å². The minimum absolute atomic E-state index is 0.382. The van der Waals surface area contributed by atoms with Gasteiger partial charge in [0.15, 0.2) is 11.6 Å². The molecule has 0 aromatic carbocycles. The molecule has 0 fully saturated rings. The second-order valence-corrected chi connectivity index (χ2v) is 1.44. The molecule has 0 amide bonds. The minimum Gasteiger partial charge on any atom is -0.505 e.